The fourth-order valence-electron chi connectivity index (χ4n) is 2.38. The molecule has 2 aromatic heterocycles. The van der Waals surface area contributed by atoms with Gasteiger partial charge in [-0.15, -0.1) is 0 Å². The zero-order chi connectivity index (χ0) is 12.1. The average Bonchev–Trinajstić information content (AvgIpc) is 2.94. The van der Waals surface area contributed by atoms with E-state index in [1.54, 1.807) is 6.20 Å². The van der Waals surface area contributed by atoms with Gasteiger partial charge in [-0.2, -0.15) is 0 Å². The predicted molar refractivity (Wildman–Crippen MR) is 72.5 cm³/mol. The molecule has 5 heteroatoms. The highest BCUT2D eigenvalue weighted by molar-refractivity contribution is 7.71. The number of aromatic amines is 1. The van der Waals surface area contributed by atoms with Crippen molar-refractivity contribution in [2.45, 2.75) is 18.9 Å². The van der Waals surface area contributed by atoms with Gasteiger partial charge in [-0.1, -0.05) is 0 Å². The fraction of sp³-hybridized carbons (Fsp3) is 0.231. The number of fused-ring (bicyclic) bond motifs is 1. The summed E-state index contributed by atoms with van der Waals surface area (Å²) in [6.45, 7) is 0. The van der Waals surface area contributed by atoms with Gasteiger partial charge in [0.2, 0.25) is 0 Å². The molecule has 4 nitrogen and oxygen atoms in total. The van der Waals surface area contributed by atoms with Crippen molar-refractivity contribution in [1.29, 1.82) is 0 Å². The number of benzene rings is 1. The first kappa shape index (κ1) is 10.1. The third-order valence-electron chi connectivity index (χ3n) is 3.42. The third kappa shape index (κ3) is 1.44. The number of H-pyrrole nitrogens is 1. The Labute approximate surface area is 109 Å². The van der Waals surface area contributed by atoms with Gasteiger partial charge in [0, 0.05) is 24.1 Å². The molecule has 1 fully saturated rings. The highest BCUT2D eigenvalue weighted by Crippen LogP contribution is 2.38. The third-order valence-corrected chi connectivity index (χ3v) is 3.71. The summed E-state index contributed by atoms with van der Waals surface area (Å²) in [5, 5.41) is 0. The molecule has 18 heavy (non-hydrogen) atoms. The minimum absolute atomic E-state index is 0.587. The molecular weight excluding hydrogens is 244 g/mol. The van der Waals surface area contributed by atoms with Gasteiger partial charge in [-0.25, -0.2) is 4.98 Å². The molecule has 1 saturated carbocycles. The van der Waals surface area contributed by atoms with Crippen LogP contribution >= 0.6 is 12.2 Å². The van der Waals surface area contributed by atoms with Crippen molar-refractivity contribution in [3.05, 3.63) is 41.7 Å². The van der Waals surface area contributed by atoms with Crippen LogP contribution < -0.4 is 0 Å². The second kappa shape index (κ2) is 3.55. The van der Waals surface area contributed by atoms with Crippen LogP contribution in [0.4, 0.5) is 0 Å². The molecule has 4 rings (SSSR count). The summed E-state index contributed by atoms with van der Waals surface area (Å²) in [4.78, 5) is 7.36. The highest BCUT2D eigenvalue weighted by Gasteiger charge is 2.26. The van der Waals surface area contributed by atoms with Gasteiger partial charge in [0.25, 0.3) is 0 Å². The van der Waals surface area contributed by atoms with Crippen LogP contribution in [-0.2, 0) is 0 Å². The Kier molecular flexibility index (Phi) is 1.99. The van der Waals surface area contributed by atoms with Gasteiger partial charge in [0.1, 0.15) is 0 Å². The van der Waals surface area contributed by atoms with E-state index in [1.165, 1.54) is 18.4 Å². The molecule has 0 aliphatic heterocycles. The van der Waals surface area contributed by atoms with E-state index < -0.39 is 0 Å². The normalized spacial score (nSPS) is 15.3. The molecule has 1 aliphatic rings. The van der Waals surface area contributed by atoms with Crippen LogP contribution in [0.25, 0.3) is 16.7 Å². The topological polar surface area (TPSA) is 38.5 Å². The molecule has 0 radical (unpaired) electrons. The fourth-order valence-corrected chi connectivity index (χ4v) is 2.73. The van der Waals surface area contributed by atoms with Crippen molar-refractivity contribution in [2.24, 2.45) is 0 Å². The molecule has 90 valence electrons. The smallest absolute Gasteiger partial charge is 0.178 e. The van der Waals surface area contributed by atoms with Gasteiger partial charge >= 0.3 is 0 Å². The van der Waals surface area contributed by atoms with Crippen molar-refractivity contribution < 1.29 is 0 Å². The van der Waals surface area contributed by atoms with Crippen LogP contribution in [0.5, 0.6) is 0 Å². The van der Waals surface area contributed by atoms with E-state index in [9.17, 15) is 0 Å². The Balaban J connectivity index is 1.98. The van der Waals surface area contributed by atoms with E-state index in [-0.39, 0.29) is 0 Å². The lowest BCUT2D eigenvalue weighted by atomic mass is 10.2. The first-order valence-electron chi connectivity index (χ1n) is 6.05. The molecule has 0 bridgehead atoms. The van der Waals surface area contributed by atoms with E-state index in [1.807, 2.05) is 17.1 Å². The summed E-state index contributed by atoms with van der Waals surface area (Å²) in [5.41, 5.74) is 3.41. The Hall–Kier alpha value is -1.88. The molecule has 2 heterocycles. The van der Waals surface area contributed by atoms with Crippen LogP contribution in [0.15, 0.2) is 36.9 Å². The maximum Gasteiger partial charge on any atom is 0.178 e. The van der Waals surface area contributed by atoms with Crippen LogP contribution in [0.2, 0.25) is 0 Å². The largest absolute Gasteiger partial charge is 0.331 e. The molecular formula is C13H12N4S. The number of imidazole rings is 2. The summed E-state index contributed by atoms with van der Waals surface area (Å²) >= 11 is 5.40. The molecule has 1 aliphatic carbocycles. The molecule has 0 spiro atoms. The first-order chi connectivity index (χ1) is 8.83. The van der Waals surface area contributed by atoms with Crippen molar-refractivity contribution >= 4 is 23.3 Å². The van der Waals surface area contributed by atoms with Gasteiger partial charge in [0.05, 0.1) is 17.4 Å². The SMILES string of the molecule is S=c1[nH]c2ccc(-n3ccnc3)cc2n1C1CC1. The maximum absolute atomic E-state index is 5.40. The van der Waals surface area contributed by atoms with E-state index in [4.69, 9.17) is 12.2 Å². The quantitative estimate of drug-likeness (QED) is 0.715. The lowest BCUT2D eigenvalue weighted by Crippen LogP contribution is -1.95. The lowest BCUT2D eigenvalue weighted by molar-refractivity contribution is 0.753. The lowest BCUT2D eigenvalue weighted by Gasteiger charge is -2.05. The van der Waals surface area contributed by atoms with Crippen molar-refractivity contribution in [1.82, 2.24) is 19.1 Å². The minimum Gasteiger partial charge on any atom is -0.331 e. The van der Waals surface area contributed by atoms with Crippen LogP contribution in [0, 0.1) is 4.77 Å². The Morgan fingerprint density at radius 2 is 2.22 bits per heavy atom. The second-order valence-corrected chi connectivity index (χ2v) is 5.09. The molecule has 0 unspecified atom stereocenters. The monoisotopic (exact) mass is 256 g/mol. The summed E-state index contributed by atoms with van der Waals surface area (Å²) in [5.74, 6) is 0. The zero-order valence-electron chi connectivity index (χ0n) is 9.71. The molecule has 1 N–H and O–H groups in total. The van der Waals surface area contributed by atoms with Gasteiger partial charge < -0.3 is 14.1 Å². The zero-order valence-corrected chi connectivity index (χ0v) is 10.5. The Morgan fingerprint density at radius 1 is 1.33 bits per heavy atom. The molecule has 3 aromatic rings. The van der Waals surface area contributed by atoms with Crippen molar-refractivity contribution in [2.75, 3.05) is 0 Å². The number of rotatable bonds is 2. The number of nitrogens with one attached hydrogen (secondary N) is 1. The Bertz CT molecular complexity index is 762. The van der Waals surface area contributed by atoms with E-state index in [0.29, 0.717) is 6.04 Å². The van der Waals surface area contributed by atoms with Crippen LogP contribution in [-0.4, -0.2) is 19.1 Å². The van der Waals surface area contributed by atoms with Crippen LogP contribution in [0.1, 0.15) is 18.9 Å². The molecule has 1 aromatic carbocycles. The molecule has 0 atom stereocenters. The van der Waals surface area contributed by atoms with Gasteiger partial charge in [-0.05, 0) is 43.3 Å². The number of hydrogen-bond donors (Lipinski definition) is 1. The second-order valence-electron chi connectivity index (χ2n) is 4.70. The molecule has 0 saturated heterocycles. The summed E-state index contributed by atoms with van der Waals surface area (Å²) in [6.07, 6.45) is 8.01. The van der Waals surface area contributed by atoms with Crippen molar-refractivity contribution in [3.8, 4) is 5.69 Å². The maximum atomic E-state index is 5.40. The van der Waals surface area contributed by atoms with E-state index in [0.717, 1.165) is 16.0 Å². The summed E-state index contributed by atoms with van der Waals surface area (Å²) < 4.78 is 5.08. The number of nitrogens with zero attached hydrogens (tertiary/aromatic N) is 3. The summed E-state index contributed by atoms with van der Waals surface area (Å²) in [6, 6.07) is 6.91. The Morgan fingerprint density at radius 3 is 2.94 bits per heavy atom. The van der Waals surface area contributed by atoms with Crippen LogP contribution in [0.3, 0.4) is 0 Å². The standard InChI is InChI=1S/C13H12N4S/c18-13-15-11-4-3-10(16-6-5-14-8-16)7-12(11)17(13)9-1-2-9/h3-9H,1-2H2,(H,15,18). The highest BCUT2D eigenvalue weighted by atomic mass is 32.1. The molecule has 0 amide bonds. The number of hydrogen-bond acceptors (Lipinski definition) is 2. The minimum atomic E-state index is 0.587. The first-order valence-corrected chi connectivity index (χ1v) is 6.46. The van der Waals surface area contributed by atoms with Crippen molar-refractivity contribution in [3.63, 3.8) is 0 Å². The van der Waals surface area contributed by atoms with E-state index >= 15 is 0 Å². The van der Waals surface area contributed by atoms with Gasteiger partial charge in [-0.3, -0.25) is 0 Å². The average molecular weight is 256 g/mol. The number of aromatic nitrogens is 4. The van der Waals surface area contributed by atoms with Gasteiger partial charge in [0.15, 0.2) is 4.77 Å². The summed E-state index contributed by atoms with van der Waals surface area (Å²) in [7, 11) is 0. The van der Waals surface area contributed by atoms with E-state index in [2.05, 4.69) is 32.7 Å². The predicted octanol–water partition coefficient (Wildman–Crippen LogP) is 3.22.